The molecule has 0 aliphatic carbocycles. The summed E-state index contributed by atoms with van der Waals surface area (Å²) in [5.41, 5.74) is 0.123. The van der Waals surface area contributed by atoms with E-state index in [1.54, 1.807) is 6.07 Å². The third kappa shape index (κ3) is 6.20. The summed E-state index contributed by atoms with van der Waals surface area (Å²) in [4.78, 5) is 0. The van der Waals surface area contributed by atoms with E-state index in [1.165, 1.54) is 31.4 Å². The number of aliphatic hydroxyl groups is 1. The lowest BCUT2D eigenvalue weighted by molar-refractivity contribution is 0.0315. The Labute approximate surface area is 116 Å². The van der Waals surface area contributed by atoms with Gasteiger partial charge >= 0.3 is 0 Å². The van der Waals surface area contributed by atoms with E-state index in [9.17, 15) is 9.50 Å². The summed E-state index contributed by atoms with van der Waals surface area (Å²) < 4.78 is 13.2. The predicted molar refractivity (Wildman–Crippen MR) is 78.7 cm³/mol. The van der Waals surface area contributed by atoms with Gasteiger partial charge in [-0.15, -0.1) is 0 Å². The topological polar surface area (TPSA) is 20.2 Å². The Morgan fingerprint density at radius 3 is 2.63 bits per heavy atom. The van der Waals surface area contributed by atoms with Crippen molar-refractivity contribution in [1.29, 1.82) is 0 Å². The molecule has 2 atom stereocenters. The third-order valence-corrected chi connectivity index (χ3v) is 3.75. The van der Waals surface area contributed by atoms with Gasteiger partial charge < -0.3 is 5.11 Å². The number of benzene rings is 1. The van der Waals surface area contributed by atoms with Crippen molar-refractivity contribution in [1.82, 2.24) is 0 Å². The summed E-state index contributed by atoms with van der Waals surface area (Å²) >= 11 is 0. The van der Waals surface area contributed by atoms with Gasteiger partial charge in [0.2, 0.25) is 0 Å². The zero-order chi connectivity index (χ0) is 14.3. The minimum absolute atomic E-state index is 0.230. The monoisotopic (exact) mass is 266 g/mol. The minimum Gasteiger partial charge on any atom is -0.390 e. The molecule has 2 heteroatoms. The van der Waals surface area contributed by atoms with Crippen LogP contribution in [0.2, 0.25) is 0 Å². The Morgan fingerprint density at radius 2 is 2.05 bits per heavy atom. The molecule has 19 heavy (non-hydrogen) atoms. The van der Waals surface area contributed by atoms with E-state index >= 15 is 0 Å². The van der Waals surface area contributed by atoms with Crippen LogP contribution in [-0.2, 0) is 6.42 Å². The molecule has 0 aromatic heterocycles. The first-order valence-corrected chi connectivity index (χ1v) is 7.43. The van der Waals surface area contributed by atoms with Gasteiger partial charge in [-0.2, -0.15) is 0 Å². The van der Waals surface area contributed by atoms with Crippen LogP contribution in [0.3, 0.4) is 0 Å². The lowest BCUT2D eigenvalue weighted by Crippen LogP contribution is -2.30. The molecule has 0 aliphatic heterocycles. The van der Waals surface area contributed by atoms with Crippen LogP contribution < -0.4 is 0 Å². The standard InChI is InChI=1S/C17H27FO/c1-4-6-8-14(5-2)12-17(3,19)13-15-9-7-10-16(18)11-15/h7,9-11,14,19H,4-6,8,12-13H2,1-3H3. The molecule has 0 spiro atoms. The highest BCUT2D eigenvalue weighted by Crippen LogP contribution is 2.27. The van der Waals surface area contributed by atoms with Gasteiger partial charge in [0, 0.05) is 6.42 Å². The maximum atomic E-state index is 13.2. The average Bonchev–Trinajstić information content (AvgIpc) is 2.33. The Morgan fingerprint density at radius 1 is 1.32 bits per heavy atom. The summed E-state index contributed by atoms with van der Waals surface area (Å²) in [7, 11) is 0. The van der Waals surface area contributed by atoms with Crippen molar-refractivity contribution >= 4 is 0 Å². The Balaban J connectivity index is 2.59. The first kappa shape index (κ1) is 16.2. The molecule has 0 radical (unpaired) electrons. The second kappa shape index (κ2) is 7.64. The summed E-state index contributed by atoms with van der Waals surface area (Å²) in [5.74, 6) is 0.329. The molecule has 0 saturated carbocycles. The molecule has 1 rings (SSSR count). The first-order chi connectivity index (χ1) is 8.96. The first-order valence-electron chi connectivity index (χ1n) is 7.43. The molecule has 108 valence electrons. The molecule has 1 aromatic rings. The van der Waals surface area contributed by atoms with E-state index in [2.05, 4.69) is 13.8 Å². The molecule has 1 aromatic carbocycles. The van der Waals surface area contributed by atoms with Crippen LogP contribution in [0.25, 0.3) is 0 Å². The van der Waals surface area contributed by atoms with Crippen LogP contribution in [0.1, 0.15) is 58.4 Å². The SMILES string of the molecule is CCCCC(CC)CC(C)(O)Cc1cccc(F)c1. The summed E-state index contributed by atoms with van der Waals surface area (Å²) in [6.45, 7) is 6.24. The number of halogens is 1. The van der Waals surface area contributed by atoms with Crippen LogP contribution in [0.15, 0.2) is 24.3 Å². The normalized spacial score (nSPS) is 16.1. The van der Waals surface area contributed by atoms with Gasteiger partial charge in [0.15, 0.2) is 0 Å². The third-order valence-electron chi connectivity index (χ3n) is 3.75. The van der Waals surface area contributed by atoms with E-state index in [0.717, 1.165) is 18.4 Å². The van der Waals surface area contributed by atoms with Gasteiger partial charge in [-0.1, -0.05) is 51.7 Å². The zero-order valence-electron chi connectivity index (χ0n) is 12.5. The molecule has 1 nitrogen and oxygen atoms in total. The lowest BCUT2D eigenvalue weighted by Gasteiger charge is -2.28. The largest absolute Gasteiger partial charge is 0.390 e. The van der Waals surface area contributed by atoms with Gasteiger partial charge in [0.05, 0.1) is 5.60 Å². The van der Waals surface area contributed by atoms with Crippen LogP contribution in [0.4, 0.5) is 4.39 Å². The Bertz CT molecular complexity index is 373. The quantitative estimate of drug-likeness (QED) is 0.721. The highest BCUT2D eigenvalue weighted by molar-refractivity contribution is 5.18. The van der Waals surface area contributed by atoms with Crippen LogP contribution in [0.5, 0.6) is 0 Å². The molecular weight excluding hydrogens is 239 g/mol. The van der Waals surface area contributed by atoms with Crippen molar-refractivity contribution in [2.45, 2.75) is 64.9 Å². The van der Waals surface area contributed by atoms with Crippen LogP contribution in [0, 0.1) is 11.7 Å². The summed E-state index contributed by atoms with van der Waals surface area (Å²) in [6.07, 6.45) is 6.00. The second-order valence-electron chi connectivity index (χ2n) is 5.92. The Hall–Kier alpha value is -0.890. The maximum Gasteiger partial charge on any atom is 0.123 e. The van der Waals surface area contributed by atoms with Crippen LogP contribution in [-0.4, -0.2) is 10.7 Å². The maximum absolute atomic E-state index is 13.2. The fourth-order valence-electron chi connectivity index (χ4n) is 2.72. The minimum atomic E-state index is -0.748. The van der Waals surface area contributed by atoms with E-state index in [-0.39, 0.29) is 5.82 Å². The van der Waals surface area contributed by atoms with Gasteiger partial charge in [-0.25, -0.2) is 4.39 Å². The van der Waals surface area contributed by atoms with Crippen molar-refractivity contribution in [2.75, 3.05) is 0 Å². The van der Waals surface area contributed by atoms with Gasteiger partial charge in [-0.05, 0) is 37.0 Å². The van der Waals surface area contributed by atoms with E-state index in [1.807, 2.05) is 13.0 Å². The van der Waals surface area contributed by atoms with Gasteiger partial charge in [0.25, 0.3) is 0 Å². The fraction of sp³-hybridized carbons (Fsp3) is 0.647. The molecule has 2 unspecified atom stereocenters. The van der Waals surface area contributed by atoms with E-state index in [4.69, 9.17) is 0 Å². The fourth-order valence-corrected chi connectivity index (χ4v) is 2.72. The zero-order valence-corrected chi connectivity index (χ0v) is 12.5. The molecule has 0 fully saturated rings. The van der Waals surface area contributed by atoms with Gasteiger partial charge in [-0.3, -0.25) is 0 Å². The molecular formula is C17H27FO. The van der Waals surface area contributed by atoms with Gasteiger partial charge in [0.1, 0.15) is 5.82 Å². The lowest BCUT2D eigenvalue weighted by atomic mass is 9.83. The predicted octanol–water partition coefficient (Wildman–Crippen LogP) is 4.73. The molecule has 1 N–H and O–H groups in total. The number of hydrogen-bond donors (Lipinski definition) is 1. The summed E-state index contributed by atoms with van der Waals surface area (Å²) in [5, 5.41) is 10.5. The molecule has 0 bridgehead atoms. The van der Waals surface area contributed by atoms with Crippen molar-refractivity contribution in [3.8, 4) is 0 Å². The highest BCUT2D eigenvalue weighted by atomic mass is 19.1. The molecule has 0 amide bonds. The Kier molecular flexibility index (Phi) is 6.50. The van der Waals surface area contributed by atoms with Crippen molar-refractivity contribution < 1.29 is 9.50 Å². The second-order valence-corrected chi connectivity index (χ2v) is 5.92. The molecule has 0 saturated heterocycles. The van der Waals surface area contributed by atoms with Crippen molar-refractivity contribution in [3.63, 3.8) is 0 Å². The van der Waals surface area contributed by atoms with Crippen LogP contribution >= 0.6 is 0 Å². The van der Waals surface area contributed by atoms with Crippen molar-refractivity contribution in [2.24, 2.45) is 5.92 Å². The highest BCUT2D eigenvalue weighted by Gasteiger charge is 2.25. The molecule has 0 heterocycles. The molecule has 0 aliphatic rings. The average molecular weight is 266 g/mol. The number of unbranched alkanes of at least 4 members (excludes halogenated alkanes) is 1. The smallest absolute Gasteiger partial charge is 0.123 e. The van der Waals surface area contributed by atoms with Crippen molar-refractivity contribution in [3.05, 3.63) is 35.6 Å². The van der Waals surface area contributed by atoms with E-state index < -0.39 is 5.60 Å². The number of rotatable bonds is 8. The number of hydrogen-bond acceptors (Lipinski definition) is 1. The summed E-state index contributed by atoms with van der Waals surface area (Å²) in [6, 6.07) is 6.54. The van der Waals surface area contributed by atoms with E-state index in [0.29, 0.717) is 12.3 Å².